The van der Waals surface area contributed by atoms with Gasteiger partial charge in [-0.1, -0.05) is 137 Å². The highest BCUT2D eigenvalue weighted by Crippen LogP contribution is 2.38. The molecule has 0 heterocycles. The van der Waals surface area contributed by atoms with Crippen LogP contribution >= 0.6 is 7.82 Å². The number of esters is 2. The van der Waals surface area contributed by atoms with Crippen LogP contribution in [0, 0.1) is 0 Å². The van der Waals surface area contributed by atoms with E-state index in [9.17, 15) is 23.8 Å². The first-order valence-electron chi connectivity index (χ1n) is 22.9. The largest absolute Gasteiger partial charge is 0.756 e. The average Bonchev–Trinajstić information content (AvgIpc) is 3.21. The third-order valence-electron chi connectivity index (χ3n) is 9.05. The van der Waals surface area contributed by atoms with Crippen molar-refractivity contribution in [3.05, 3.63) is 97.2 Å². The molecule has 0 aliphatic heterocycles. The second kappa shape index (κ2) is 40.7. The normalized spacial score (nSPS) is 14.3. The van der Waals surface area contributed by atoms with E-state index in [1.165, 1.54) is 25.7 Å². The maximum Gasteiger partial charge on any atom is 0.306 e. The molecule has 0 rings (SSSR count). The van der Waals surface area contributed by atoms with Crippen molar-refractivity contribution in [2.45, 2.75) is 155 Å². The SMILES string of the molecule is CCCCC/C=C\C/C=C\C/C=C\C/C=C\CCCCCC(=O)O[C@H](COC(=O)CCC/C=C\C/C=C\C/C=C\C=C\C(=O)CCCCC)COP(=O)([O-])OCC[N+](C)(C)C. The molecule has 0 fully saturated rings. The van der Waals surface area contributed by atoms with E-state index >= 15 is 0 Å². The van der Waals surface area contributed by atoms with Gasteiger partial charge in [0.25, 0.3) is 7.82 Å². The molecule has 0 saturated carbocycles. The fourth-order valence-electron chi connectivity index (χ4n) is 5.41. The van der Waals surface area contributed by atoms with Gasteiger partial charge in [-0.25, -0.2) is 0 Å². The summed E-state index contributed by atoms with van der Waals surface area (Å²) in [4.78, 5) is 49.3. The van der Waals surface area contributed by atoms with E-state index in [-0.39, 0.29) is 31.8 Å². The predicted molar refractivity (Wildman–Crippen MR) is 250 cm³/mol. The third kappa shape index (κ3) is 44.5. The van der Waals surface area contributed by atoms with Crippen molar-refractivity contribution in [2.24, 2.45) is 0 Å². The van der Waals surface area contributed by atoms with E-state index < -0.39 is 32.5 Å². The number of hydrogen-bond acceptors (Lipinski definition) is 9. The smallest absolute Gasteiger partial charge is 0.306 e. The van der Waals surface area contributed by atoms with E-state index in [1.807, 2.05) is 45.4 Å². The number of allylic oxidation sites excluding steroid dienone is 16. The molecule has 0 amide bonds. The zero-order chi connectivity index (χ0) is 45.1. The van der Waals surface area contributed by atoms with Crippen LogP contribution in [0.25, 0.3) is 0 Å². The minimum atomic E-state index is -4.67. The van der Waals surface area contributed by atoms with Gasteiger partial charge in [0.05, 0.1) is 27.7 Å². The van der Waals surface area contributed by atoms with Crippen molar-refractivity contribution in [1.29, 1.82) is 0 Å². The number of unbranched alkanes of at least 4 members (excludes halogenated alkanes) is 9. The molecule has 61 heavy (non-hydrogen) atoms. The zero-order valence-corrected chi connectivity index (χ0v) is 39.5. The molecule has 0 saturated heterocycles. The molecule has 0 aliphatic carbocycles. The van der Waals surface area contributed by atoms with Crippen LogP contribution < -0.4 is 4.89 Å². The Bertz CT molecular complexity index is 1420. The molecule has 11 heteroatoms. The summed E-state index contributed by atoms with van der Waals surface area (Å²) < 4.78 is 33.8. The second-order valence-electron chi connectivity index (χ2n) is 16.1. The Balaban J connectivity index is 4.56. The van der Waals surface area contributed by atoms with Gasteiger partial charge in [-0.3, -0.25) is 18.9 Å². The highest BCUT2D eigenvalue weighted by molar-refractivity contribution is 7.45. The van der Waals surface area contributed by atoms with E-state index in [2.05, 4.69) is 74.6 Å². The molecule has 0 aromatic heterocycles. The van der Waals surface area contributed by atoms with Crippen LogP contribution in [0.2, 0.25) is 0 Å². The highest BCUT2D eigenvalue weighted by atomic mass is 31.2. The number of carbonyl (C=O) groups excluding carboxylic acids is 3. The molecule has 346 valence electrons. The maximum absolute atomic E-state index is 12.7. The first-order chi connectivity index (χ1) is 29.4. The quantitative estimate of drug-likeness (QED) is 0.0112. The van der Waals surface area contributed by atoms with Gasteiger partial charge in [0, 0.05) is 19.3 Å². The summed E-state index contributed by atoms with van der Waals surface area (Å²) >= 11 is 0. The Morgan fingerprint density at radius 2 is 1.05 bits per heavy atom. The van der Waals surface area contributed by atoms with E-state index in [4.69, 9.17) is 18.5 Å². The lowest BCUT2D eigenvalue weighted by atomic mass is 10.1. The van der Waals surface area contributed by atoms with E-state index in [1.54, 1.807) is 12.2 Å². The van der Waals surface area contributed by atoms with Crippen LogP contribution in [-0.2, 0) is 37.5 Å². The van der Waals surface area contributed by atoms with Crippen LogP contribution in [0.1, 0.15) is 149 Å². The van der Waals surface area contributed by atoms with Crippen molar-refractivity contribution < 1.29 is 46.8 Å². The molecule has 0 bridgehead atoms. The van der Waals surface area contributed by atoms with Crippen molar-refractivity contribution in [1.82, 2.24) is 0 Å². The molecule has 1 unspecified atom stereocenters. The first kappa shape index (κ1) is 57.6. The molecule has 0 aromatic carbocycles. The molecule has 0 N–H and O–H groups in total. The van der Waals surface area contributed by atoms with E-state index in [0.717, 1.165) is 70.6 Å². The number of phosphoric acid groups is 1. The molecule has 0 radical (unpaired) electrons. The lowest BCUT2D eigenvalue weighted by molar-refractivity contribution is -0.870. The first-order valence-corrected chi connectivity index (χ1v) is 24.4. The predicted octanol–water partition coefficient (Wildman–Crippen LogP) is 11.9. The van der Waals surface area contributed by atoms with Gasteiger partial charge < -0.3 is 27.9 Å². The summed E-state index contributed by atoms with van der Waals surface area (Å²) in [6.07, 6.45) is 49.9. The monoisotopic (exact) mass is 872 g/mol. The summed E-state index contributed by atoms with van der Waals surface area (Å²) in [5, 5.41) is 0. The summed E-state index contributed by atoms with van der Waals surface area (Å²) in [6.45, 7) is 3.89. The van der Waals surface area contributed by atoms with Crippen LogP contribution in [0.5, 0.6) is 0 Å². The van der Waals surface area contributed by atoms with Crippen LogP contribution in [-0.4, -0.2) is 75.8 Å². The van der Waals surface area contributed by atoms with Gasteiger partial charge in [-0.15, -0.1) is 0 Å². The Hall–Kier alpha value is -3.40. The van der Waals surface area contributed by atoms with Gasteiger partial charge in [-0.2, -0.15) is 0 Å². The molecule has 0 aromatic rings. The number of likely N-dealkylation sites (N-methyl/N-ethyl adjacent to an activating group) is 1. The second-order valence-corrected chi connectivity index (χ2v) is 17.5. The molecular weight excluding hydrogens is 790 g/mol. The number of carbonyl (C=O) groups is 3. The van der Waals surface area contributed by atoms with Gasteiger partial charge in [0.1, 0.15) is 19.8 Å². The van der Waals surface area contributed by atoms with Crippen molar-refractivity contribution in [3.8, 4) is 0 Å². The van der Waals surface area contributed by atoms with Crippen molar-refractivity contribution in [3.63, 3.8) is 0 Å². The fraction of sp³-hybridized carbons (Fsp3) is 0.620. The van der Waals surface area contributed by atoms with Crippen molar-refractivity contribution in [2.75, 3.05) is 47.5 Å². The standard InChI is InChI=1S/C50H82NO9P/c1-6-8-10-11-12-13-14-15-16-17-18-19-20-21-24-28-31-34-38-42-50(54)60-48(46-59-61(55,56)58-44-43-51(3,4)5)45-57-49(53)41-37-33-30-27-25-22-23-26-29-32-36-40-47(52)39-35-9-7-2/h12-13,15-16,18-19,21-24,27,29-30,32,36,40,48H,6-11,14,17,20,25-26,28,31,33-35,37-39,41-46H2,1-5H3/b13-12-,16-15-,19-18-,23-22-,24-21-,30-27-,32-29-,40-36+/t48-/m1/s1. The van der Waals surface area contributed by atoms with Gasteiger partial charge in [0.15, 0.2) is 11.9 Å². The Labute approximate surface area is 370 Å². The Morgan fingerprint density at radius 1 is 0.557 bits per heavy atom. The zero-order valence-electron chi connectivity index (χ0n) is 38.6. The minimum absolute atomic E-state index is 0.0614. The topological polar surface area (TPSA) is 128 Å². The number of quaternary nitrogens is 1. The summed E-state index contributed by atoms with van der Waals surface area (Å²) in [7, 11) is 1.06. The number of hydrogen-bond donors (Lipinski definition) is 0. The number of ether oxygens (including phenoxy) is 2. The average molecular weight is 872 g/mol. The van der Waals surface area contributed by atoms with Crippen LogP contribution in [0.3, 0.4) is 0 Å². The number of rotatable bonds is 40. The minimum Gasteiger partial charge on any atom is -0.756 e. The molecular formula is C50H82NO9P. The third-order valence-corrected chi connectivity index (χ3v) is 10.0. The number of nitrogens with zero attached hydrogens (tertiary/aromatic N) is 1. The fourth-order valence-corrected chi connectivity index (χ4v) is 6.14. The molecule has 10 nitrogen and oxygen atoms in total. The van der Waals surface area contributed by atoms with Crippen molar-refractivity contribution >= 4 is 25.5 Å². The lowest BCUT2D eigenvalue weighted by Gasteiger charge is -2.28. The Morgan fingerprint density at radius 3 is 1.62 bits per heavy atom. The Kier molecular flexibility index (Phi) is 38.4. The summed E-state index contributed by atoms with van der Waals surface area (Å²) in [5.41, 5.74) is 0. The molecule has 0 spiro atoms. The maximum atomic E-state index is 12.7. The molecule has 2 atom stereocenters. The number of phosphoric ester groups is 1. The lowest BCUT2D eigenvalue weighted by Crippen LogP contribution is -2.37. The molecule has 0 aliphatic rings. The van der Waals surface area contributed by atoms with Gasteiger partial charge in [-0.05, 0) is 89.5 Å². The highest BCUT2D eigenvalue weighted by Gasteiger charge is 2.21. The van der Waals surface area contributed by atoms with Gasteiger partial charge >= 0.3 is 11.9 Å². The van der Waals surface area contributed by atoms with Gasteiger partial charge in [0.2, 0.25) is 0 Å². The summed E-state index contributed by atoms with van der Waals surface area (Å²) in [5.74, 6) is -0.816. The van der Waals surface area contributed by atoms with Crippen LogP contribution in [0.15, 0.2) is 97.2 Å². The summed E-state index contributed by atoms with van der Waals surface area (Å²) in [6, 6.07) is 0. The van der Waals surface area contributed by atoms with Crippen LogP contribution in [0.4, 0.5) is 0 Å². The number of ketones is 1. The van der Waals surface area contributed by atoms with E-state index in [0.29, 0.717) is 36.7 Å².